The van der Waals surface area contributed by atoms with E-state index in [4.69, 9.17) is 14.5 Å². The normalized spacial score (nSPS) is 14.7. The van der Waals surface area contributed by atoms with E-state index in [1.54, 1.807) is 4.57 Å². The zero-order valence-corrected chi connectivity index (χ0v) is 27.7. The van der Waals surface area contributed by atoms with Gasteiger partial charge in [-0.2, -0.15) is 0 Å². The number of thiazole rings is 1. The SMILES string of the molecule is CC1=C(C(=O)Nc2ccccc2)[C@@H](c2ccccc2)n2c(s/c(=C\c3ccc(OCCOc4ccc(C(C)(C)C)cc4)cc3)c2=O)=N1. The number of hydrogen-bond donors (Lipinski definition) is 1. The van der Waals surface area contributed by atoms with E-state index in [9.17, 15) is 9.59 Å². The van der Waals surface area contributed by atoms with Crippen LogP contribution < -0.4 is 29.7 Å². The van der Waals surface area contributed by atoms with Gasteiger partial charge in [0.1, 0.15) is 24.7 Å². The van der Waals surface area contributed by atoms with Crippen LogP contribution in [0.1, 0.15) is 50.4 Å². The van der Waals surface area contributed by atoms with E-state index in [-0.39, 0.29) is 16.9 Å². The Kier molecular flexibility index (Phi) is 9.22. The maximum Gasteiger partial charge on any atom is 0.271 e. The van der Waals surface area contributed by atoms with E-state index in [1.807, 2.05) is 110 Å². The second-order valence-electron chi connectivity index (χ2n) is 12.4. The van der Waals surface area contributed by atoms with Gasteiger partial charge in [-0.15, -0.1) is 0 Å². The minimum atomic E-state index is -0.618. The topological polar surface area (TPSA) is 81.9 Å². The lowest BCUT2D eigenvalue weighted by atomic mass is 9.87. The van der Waals surface area contributed by atoms with Crippen LogP contribution in [0.3, 0.4) is 0 Å². The van der Waals surface area contributed by atoms with E-state index in [2.05, 4.69) is 38.2 Å². The molecule has 1 atom stereocenters. The lowest BCUT2D eigenvalue weighted by Crippen LogP contribution is -2.40. The largest absolute Gasteiger partial charge is 0.490 e. The molecule has 8 heteroatoms. The molecule has 238 valence electrons. The third-order valence-corrected chi connectivity index (χ3v) is 8.92. The molecule has 1 aliphatic heterocycles. The van der Waals surface area contributed by atoms with Crippen LogP contribution in [-0.2, 0) is 10.2 Å². The van der Waals surface area contributed by atoms with Crippen molar-refractivity contribution < 1.29 is 14.3 Å². The predicted octanol–water partition coefficient (Wildman–Crippen LogP) is 6.63. The van der Waals surface area contributed by atoms with E-state index < -0.39 is 6.04 Å². The molecule has 7 nitrogen and oxygen atoms in total. The minimum Gasteiger partial charge on any atom is -0.490 e. The van der Waals surface area contributed by atoms with Gasteiger partial charge in [0, 0.05) is 5.69 Å². The van der Waals surface area contributed by atoms with Gasteiger partial charge < -0.3 is 14.8 Å². The zero-order valence-electron chi connectivity index (χ0n) is 26.9. The van der Waals surface area contributed by atoms with Crippen molar-refractivity contribution in [3.05, 3.63) is 157 Å². The number of ether oxygens (including phenoxy) is 2. The number of carbonyl (C=O) groups excluding carboxylic acids is 1. The molecule has 1 N–H and O–H groups in total. The summed E-state index contributed by atoms with van der Waals surface area (Å²) in [6.07, 6.45) is 1.85. The number of rotatable bonds is 9. The highest BCUT2D eigenvalue weighted by Gasteiger charge is 2.32. The van der Waals surface area contributed by atoms with Gasteiger partial charge in [-0.3, -0.25) is 14.2 Å². The Labute approximate surface area is 278 Å². The van der Waals surface area contributed by atoms with Crippen LogP contribution in [0.4, 0.5) is 5.69 Å². The molecule has 47 heavy (non-hydrogen) atoms. The summed E-state index contributed by atoms with van der Waals surface area (Å²) in [6, 6.07) is 34.0. The quantitative estimate of drug-likeness (QED) is 0.183. The molecule has 0 spiro atoms. The van der Waals surface area contributed by atoms with E-state index in [0.717, 1.165) is 16.9 Å². The Bertz CT molecular complexity index is 2070. The molecular weight excluding hydrogens is 607 g/mol. The number of nitrogens with zero attached hydrogens (tertiary/aromatic N) is 2. The smallest absolute Gasteiger partial charge is 0.271 e. The summed E-state index contributed by atoms with van der Waals surface area (Å²) in [7, 11) is 0. The van der Waals surface area contributed by atoms with Crippen molar-refractivity contribution in [1.82, 2.24) is 4.57 Å². The standard InChI is InChI=1S/C39H37N3O4S/c1-26-34(36(43)41-30-13-9-6-10-14-30)35(28-11-7-5-8-12-28)42-37(44)33(47-38(42)40-26)25-27-15-19-31(20-16-27)45-23-24-46-32-21-17-29(18-22-32)39(2,3)4/h5-22,25,35H,23-24H2,1-4H3,(H,41,43)/b33-25-/t35-/m1/s1. The molecule has 0 bridgehead atoms. The summed E-state index contributed by atoms with van der Waals surface area (Å²) < 4.78 is 13.9. The lowest BCUT2D eigenvalue weighted by molar-refractivity contribution is -0.113. The molecule has 0 fully saturated rings. The fraction of sp³-hybridized carbons (Fsp3) is 0.205. The number of amides is 1. The zero-order chi connectivity index (χ0) is 33.0. The predicted molar refractivity (Wildman–Crippen MR) is 188 cm³/mol. The maximum atomic E-state index is 13.9. The van der Waals surface area contributed by atoms with Crippen LogP contribution in [0.2, 0.25) is 0 Å². The van der Waals surface area contributed by atoms with Gasteiger partial charge >= 0.3 is 0 Å². The Morgan fingerprint density at radius 3 is 2.02 bits per heavy atom. The van der Waals surface area contributed by atoms with Crippen molar-refractivity contribution in [1.29, 1.82) is 0 Å². The average Bonchev–Trinajstić information content (AvgIpc) is 3.37. The number of nitrogens with one attached hydrogen (secondary N) is 1. The van der Waals surface area contributed by atoms with Crippen LogP contribution in [0.5, 0.6) is 11.5 Å². The Morgan fingerprint density at radius 1 is 0.851 bits per heavy atom. The van der Waals surface area contributed by atoms with Gasteiger partial charge in [0.15, 0.2) is 4.80 Å². The van der Waals surface area contributed by atoms with E-state index in [1.165, 1.54) is 16.9 Å². The van der Waals surface area contributed by atoms with Crippen molar-refractivity contribution >= 4 is 29.0 Å². The number of aromatic nitrogens is 1. The molecule has 4 aromatic carbocycles. The summed E-state index contributed by atoms with van der Waals surface area (Å²) in [5, 5.41) is 2.98. The summed E-state index contributed by atoms with van der Waals surface area (Å²) in [5.41, 5.74) is 4.53. The van der Waals surface area contributed by atoms with E-state index >= 15 is 0 Å². The third kappa shape index (κ3) is 7.28. The van der Waals surface area contributed by atoms with Crippen LogP contribution in [-0.4, -0.2) is 23.7 Å². The fourth-order valence-corrected chi connectivity index (χ4v) is 6.51. The Morgan fingerprint density at radius 2 is 1.43 bits per heavy atom. The molecular formula is C39H37N3O4S. The summed E-state index contributed by atoms with van der Waals surface area (Å²) in [4.78, 5) is 32.9. The molecule has 5 aromatic rings. The summed E-state index contributed by atoms with van der Waals surface area (Å²) >= 11 is 1.31. The van der Waals surface area contributed by atoms with Gasteiger partial charge in [-0.1, -0.05) is 105 Å². The minimum absolute atomic E-state index is 0.0999. The fourth-order valence-electron chi connectivity index (χ4n) is 5.46. The van der Waals surface area contributed by atoms with Gasteiger partial charge in [0.2, 0.25) is 0 Å². The second kappa shape index (κ2) is 13.6. The van der Waals surface area contributed by atoms with Crippen molar-refractivity contribution in [3.8, 4) is 11.5 Å². The third-order valence-electron chi connectivity index (χ3n) is 7.93. The van der Waals surface area contributed by atoms with Gasteiger partial charge in [0.05, 0.1) is 21.8 Å². The van der Waals surface area contributed by atoms with E-state index in [0.29, 0.717) is 45.3 Å². The molecule has 0 saturated carbocycles. The van der Waals surface area contributed by atoms with Gasteiger partial charge in [0.25, 0.3) is 11.5 Å². The number of anilines is 1. The highest BCUT2D eigenvalue weighted by Crippen LogP contribution is 2.31. The summed E-state index contributed by atoms with van der Waals surface area (Å²) in [5.74, 6) is 1.23. The number of benzene rings is 4. The molecule has 0 unspecified atom stereocenters. The number of carbonyl (C=O) groups is 1. The molecule has 1 amide bonds. The first-order chi connectivity index (χ1) is 22.7. The molecule has 2 heterocycles. The highest BCUT2D eigenvalue weighted by atomic mass is 32.1. The Hall–Kier alpha value is -5.21. The number of allylic oxidation sites excluding steroid dienone is 1. The molecule has 0 saturated heterocycles. The number of fused-ring (bicyclic) bond motifs is 1. The second-order valence-corrected chi connectivity index (χ2v) is 13.4. The monoisotopic (exact) mass is 643 g/mol. The first-order valence-electron chi connectivity index (χ1n) is 15.6. The molecule has 6 rings (SSSR count). The summed E-state index contributed by atoms with van der Waals surface area (Å²) in [6.45, 7) is 9.20. The van der Waals surface area contributed by atoms with Gasteiger partial charge in [-0.05, 0) is 71.5 Å². The highest BCUT2D eigenvalue weighted by molar-refractivity contribution is 7.07. The molecule has 1 aliphatic rings. The first kappa shape index (κ1) is 31.8. The van der Waals surface area contributed by atoms with Crippen LogP contribution >= 0.6 is 11.3 Å². The van der Waals surface area contributed by atoms with Crippen molar-refractivity contribution in [2.24, 2.45) is 4.99 Å². The molecule has 1 aromatic heterocycles. The van der Waals surface area contributed by atoms with Crippen LogP contribution in [0.25, 0.3) is 6.08 Å². The average molecular weight is 644 g/mol. The van der Waals surface area contributed by atoms with Gasteiger partial charge in [-0.25, -0.2) is 4.99 Å². The lowest BCUT2D eigenvalue weighted by Gasteiger charge is -2.25. The molecule has 0 radical (unpaired) electrons. The van der Waals surface area contributed by atoms with Crippen LogP contribution in [0, 0.1) is 0 Å². The van der Waals surface area contributed by atoms with Crippen LogP contribution in [0.15, 0.2) is 130 Å². The first-order valence-corrected chi connectivity index (χ1v) is 16.4. The van der Waals surface area contributed by atoms with Crippen molar-refractivity contribution in [3.63, 3.8) is 0 Å². The Balaban J connectivity index is 1.19. The van der Waals surface area contributed by atoms with Crippen molar-refractivity contribution in [2.45, 2.75) is 39.2 Å². The number of hydrogen-bond acceptors (Lipinski definition) is 6. The number of para-hydroxylation sites is 1. The van der Waals surface area contributed by atoms with Crippen molar-refractivity contribution in [2.75, 3.05) is 18.5 Å². The maximum absolute atomic E-state index is 13.9. The molecule has 0 aliphatic carbocycles.